The van der Waals surface area contributed by atoms with Crippen molar-refractivity contribution in [1.29, 1.82) is 0 Å². The van der Waals surface area contributed by atoms with Crippen LogP contribution in [0.15, 0.2) is 89.8 Å². The second-order valence-electron chi connectivity index (χ2n) is 6.95. The van der Waals surface area contributed by atoms with E-state index in [1.54, 1.807) is 60.9 Å². The van der Waals surface area contributed by atoms with Crippen molar-refractivity contribution in [2.75, 3.05) is 12.0 Å². The second kappa shape index (κ2) is 9.82. The van der Waals surface area contributed by atoms with Crippen molar-refractivity contribution in [3.05, 3.63) is 102 Å². The zero-order valence-corrected chi connectivity index (χ0v) is 18.2. The molecule has 0 aliphatic heterocycles. The Morgan fingerprint density at radius 2 is 1.57 bits per heavy atom. The fourth-order valence-electron chi connectivity index (χ4n) is 3.12. The first-order valence-corrected chi connectivity index (χ1v) is 12.8. The second-order valence-corrected chi connectivity index (χ2v) is 10.4. The smallest absolute Gasteiger partial charge is 0.251 e. The van der Waals surface area contributed by atoms with Gasteiger partial charge in [-0.3, -0.25) is 9.00 Å². The lowest BCUT2D eigenvalue weighted by Crippen LogP contribution is -2.32. The molecule has 0 saturated heterocycles. The van der Waals surface area contributed by atoms with Crippen LogP contribution in [0.2, 0.25) is 0 Å². The number of carbonyl (C=O) groups excluding carboxylic acids is 1. The summed E-state index contributed by atoms with van der Waals surface area (Å²) in [7, 11) is -4.61. The molecule has 30 heavy (non-hydrogen) atoms. The van der Waals surface area contributed by atoms with Crippen LogP contribution in [0.3, 0.4) is 0 Å². The normalized spacial score (nSPS) is 13.4. The average Bonchev–Trinajstić information content (AvgIpc) is 2.74. The number of rotatable bonds is 8. The number of hydrogen-bond donors (Lipinski definition) is 1. The summed E-state index contributed by atoms with van der Waals surface area (Å²) in [5.41, 5.74) is 1.75. The van der Waals surface area contributed by atoms with E-state index in [0.717, 1.165) is 5.56 Å². The molecule has 0 heterocycles. The topological polar surface area (TPSA) is 80.3 Å². The molecule has 3 aromatic rings. The van der Waals surface area contributed by atoms with Gasteiger partial charge in [0.05, 0.1) is 16.7 Å². The van der Waals surface area contributed by atoms with E-state index in [1.165, 1.54) is 0 Å². The summed E-state index contributed by atoms with van der Waals surface area (Å²) in [5, 5.41) is 2.92. The van der Waals surface area contributed by atoms with Crippen LogP contribution in [0.4, 0.5) is 0 Å². The monoisotopic (exact) mass is 441 g/mol. The maximum absolute atomic E-state index is 12.8. The van der Waals surface area contributed by atoms with E-state index in [9.17, 15) is 17.4 Å². The molecule has 3 rings (SSSR count). The molecule has 0 aromatic heterocycles. The zero-order valence-electron chi connectivity index (χ0n) is 16.5. The lowest BCUT2D eigenvalue weighted by Gasteiger charge is -2.18. The van der Waals surface area contributed by atoms with Crippen LogP contribution in [0.5, 0.6) is 0 Å². The quantitative estimate of drug-likeness (QED) is 0.580. The van der Waals surface area contributed by atoms with Gasteiger partial charge in [0.15, 0.2) is 9.84 Å². The molecule has 0 radical (unpaired) electrons. The lowest BCUT2D eigenvalue weighted by molar-refractivity contribution is 0.0940. The molecule has 0 unspecified atom stereocenters. The van der Waals surface area contributed by atoms with Crippen molar-refractivity contribution in [2.24, 2.45) is 0 Å². The Kier molecular flexibility index (Phi) is 7.18. The summed E-state index contributed by atoms with van der Waals surface area (Å²) in [6.07, 6.45) is 1.59. The van der Waals surface area contributed by atoms with Gasteiger partial charge in [-0.2, -0.15) is 0 Å². The van der Waals surface area contributed by atoms with Gasteiger partial charge in [0.1, 0.15) is 0 Å². The van der Waals surface area contributed by atoms with E-state index in [1.807, 2.05) is 30.3 Å². The lowest BCUT2D eigenvalue weighted by atomic mass is 10.1. The summed E-state index contributed by atoms with van der Waals surface area (Å²) in [4.78, 5) is 13.1. The van der Waals surface area contributed by atoms with E-state index in [2.05, 4.69) is 5.32 Å². The minimum absolute atomic E-state index is 0.195. The maximum atomic E-state index is 12.8. The zero-order chi connectivity index (χ0) is 21.6. The first-order valence-electron chi connectivity index (χ1n) is 9.38. The molecule has 156 valence electrons. The van der Waals surface area contributed by atoms with Gasteiger partial charge in [-0.05, 0) is 35.4 Å². The molecule has 0 saturated carbocycles. The van der Waals surface area contributed by atoms with Gasteiger partial charge in [0.25, 0.3) is 5.91 Å². The highest BCUT2D eigenvalue weighted by Gasteiger charge is 2.19. The number of nitrogens with one attached hydrogen (secondary N) is 1. The van der Waals surface area contributed by atoms with E-state index in [-0.39, 0.29) is 22.3 Å². The maximum Gasteiger partial charge on any atom is 0.251 e. The molecule has 0 fully saturated rings. The number of amides is 1. The standard InChI is InChI=1S/C23H23NO4S2/c1-29(26)16-22(19-10-4-2-5-11-19)24-23(25)20-12-8-9-18(15-20)17-30(27,28)21-13-6-3-7-14-21/h2-15,22H,16-17H2,1H3,(H,24,25)/t22-,29+/m1/s1. The molecule has 0 aliphatic carbocycles. The minimum Gasteiger partial charge on any atom is -0.344 e. The van der Waals surface area contributed by atoms with E-state index in [0.29, 0.717) is 11.1 Å². The molecular formula is C23H23NO4S2. The molecule has 0 aliphatic rings. The molecule has 2 atom stereocenters. The Balaban J connectivity index is 1.79. The van der Waals surface area contributed by atoms with Crippen LogP contribution in [0.25, 0.3) is 0 Å². The van der Waals surface area contributed by atoms with Gasteiger partial charge in [-0.1, -0.05) is 60.7 Å². The molecule has 0 spiro atoms. The van der Waals surface area contributed by atoms with Gasteiger partial charge in [0.2, 0.25) is 0 Å². The first-order chi connectivity index (χ1) is 14.3. The molecule has 1 amide bonds. The van der Waals surface area contributed by atoms with E-state index < -0.39 is 26.7 Å². The SMILES string of the molecule is C[S@](=O)C[C@@H](NC(=O)c1cccc(CS(=O)(=O)c2ccccc2)c1)c1ccccc1. The van der Waals surface area contributed by atoms with Crippen LogP contribution in [0, 0.1) is 0 Å². The molecule has 5 nitrogen and oxygen atoms in total. The third-order valence-corrected chi connectivity index (χ3v) is 7.06. The van der Waals surface area contributed by atoms with Crippen molar-refractivity contribution >= 4 is 26.5 Å². The van der Waals surface area contributed by atoms with Crippen LogP contribution in [-0.4, -0.2) is 30.5 Å². The minimum atomic E-state index is -3.51. The predicted octanol–water partition coefficient (Wildman–Crippen LogP) is 3.51. The fourth-order valence-corrected chi connectivity index (χ4v) is 5.22. The highest BCUT2D eigenvalue weighted by atomic mass is 32.2. The highest BCUT2D eigenvalue weighted by molar-refractivity contribution is 7.90. The number of sulfone groups is 1. The Morgan fingerprint density at radius 1 is 0.933 bits per heavy atom. The molecule has 0 bridgehead atoms. The molecule has 3 aromatic carbocycles. The van der Waals surface area contributed by atoms with Crippen LogP contribution >= 0.6 is 0 Å². The van der Waals surface area contributed by atoms with Crippen LogP contribution in [-0.2, 0) is 26.4 Å². The third-order valence-electron chi connectivity index (χ3n) is 4.56. The van der Waals surface area contributed by atoms with Crippen molar-refractivity contribution in [3.8, 4) is 0 Å². The number of carbonyl (C=O) groups is 1. The van der Waals surface area contributed by atoms with E-state index >= 15 is 0 Å². The molecular weight excluding hydrogens is 418 g/mol. The Bertz CT molecular complexity index is 1130. The predicted molar refractivity (Wildman–Crippen MR) is 119 cm³/mol. The number of hydrogen-bond acceptors (Lipinski definition) is 4. The fraction of sp³-hybridized carbons (Fsp3) is 0.174. The van der Waals surface area contributed by atoms with Gasteiger partial charge in [-0.25, -0.2) is 8.42 Å². The Hall–Kier alpha value is -2.77. The van der Waals surface area contributed by atoms with Crippen molar-refractivity contribution in [2.45, 2.75) is 16.7 Å². The summed E-state index contributed by atoms with van der Waals surface area (Å²) < 4.78 is 37.0. The van der Waals surface area contributed by atoms with Gasteiger partial charge in [0, 0.05) is 28.4 Å². The molecule has 1 N–H and O–H groups in total. The van der Waals surface area contributed by atoms with Crippen molar-refractivity contribution in [1.82, 2.24) is 5.32 Å². The summed E-state index contributed by atoms with van der Waals surface area (Å²) >= 11 is 0. The summed E-state index contributed by atoms with van der Waals surface area (Å²) in [6, 6.07) is 23.8. The summed E-state index contributed by atoms with van der Waals surface area (Å²) in [5.74, 6) is -0.245. The van der Waals surface area contributed by atoms with Crippen LogP contribution in [0.1, 0.15) is 27.5 Å². The summed E-state index contributed by atoms with van der Waals surface area (Å²) in [6.45, 7) is 0. The first kappa shape index (κ1) is 21.9. The van der Waals surface area contributed by atoms with Gasteiger partial charge in [-0.15, -0.1) is 0 Å². The van der Waals surface area contributed by atoms with E-state index in [4.69, 9.17) is 0 Å². The largest absolute Gasteiger partial charge is 0.344 e. The number of benzene rings is 3. The highest BCUT2D eigenvalue weighted by Crippen LogP contribution is 2.18. The van der Waals surface area contributed by atoms with Gasteiger partial charge < -0.3 is 5.32 Å². The Labute approximate surface area is 179 Å². The van der Waals surface area contributed by atoms with Crippen LogP contribution < -0.4 is 5.32 Å². The molecule has 7 heteroatoms. The average molecular weight is 442 g/mol. The van der Waals surface area contributed by atoms with Crippen molar-refractivity contribution in [3.63, 3.8) is 0 Å². The Morgan fingerprint density at radius 3 is 2.20 bits per heavy atom. The van der Waals surface area contributed by atoms with Crippen molar-refractivity contribution < 1.29 is 17.4 Å². The third kappa shape index (κ3) is 5.87. The van der Waals surface area contributed by atoms with Gasteiger partial charge >= 0.3 is 0 Å².